The monoisotopic (exact) mass is 262 g/mol. The second-order valence-corrected chi connectivity index (χ2v) is 4.20. The van der Waals surface area contributed by atoms with Crippen LogP contribution in [0.3, 0.4) is 0 Å². The second kappa shape index (κ2) is 6.87. The normalized spacial score (nSPS) is 10.1. The van der Waals surface area contributed by atoms with Crippen molar-refractivity contribution >= 4 is 17.3 Å². The molecule has 2 rings (SSSR count). The van der Waals surface area contributed by atoms with Crippen molar-refractivity contribution in [1.29, 1.82) is 0 Å². The number of nitrogens with zero attached hydrogens (tertiary/aromatic N) is 1. The molecule has 1 N–H and O–H groups in total. The summed E-state index contributed by atoms with van der Waals surface area (Å²) in [5.41, 5.74) is 0.981. The molecule has 0 bridgehead atoms. The van der Waals surface area contributed by atoms with Gasteiger partial charge in [-0.25, -0.2) is 4.98 Å². The number of halogens is 1. The number of pyridine rings is 1. The molecule has 1 heterocycles. The van der Waals surface area contributed by atoms with E-state index in [0.29, 0.717) is 11.8 Å². The van der Waals surface area contributed by atoms with E-state index in [0.717, 1.165) is 24.4 Å². The average Bonchev–Trinajstić information content (AvgIpc) is 2.40. The molecule has 0 saturated heterocycles. The van der Waals surface area contributed by atoms with Crippen LogP contribution >= 0.6 is 11.6 Å². The highest BCUT2D eigenvalue weighted by Crippen LogP contribution is 2.12. The van der Waals surface area contributed by atoms with Gasteiger partial charge < -0.3 is 10.1 Å². The lowest BCUT2D eigenvalue weighted by molar-refractivity contribution is 0.315. The molecule has 0 radical (unpaired) electrons. The number of anilines is 1. The maximum absolute atomic E-state index is 5.79. The molecule has 18 heavy (non-hydrogen) atoms. The van der Waals surface area contributed by atoms with E-state index >= 15 is 0 Å². The Bertz CT molecular complexity index is 476. The van der Waals surface area contributed by atoms with Crippen molar-refractivity contribution in [2.45, 2.75) is 6.42 Å². The van der Waals surface area contributed by atoms with Gasteiger partial charge in [0.1, 0.15) is 10.9 Å². The smallest absolute Gasteiger partial charge is 0.131 e. The third kappa shape index (κ3) is 4.26. The minimum Gasteiger partial charge on any atom is -0.494 e. The van der Waals surface area contributed by atoms with Crippen LogP contribution in [0.15, 0.2) is 48.7 Å². The maximum Gasteiger partial charge on any atom is 0.131 e. The van der Waals surface area contributed by atoms with E-state index < -0.39 is 0 Å². The quantitative estimate of drug-likeness (QED) is 0.638. The number of aromatic nitrogens is 1. The van der Waals surface area contributed by atoms with Crippen molar-refractivity contribution in [3.8, 4) is 5.75 Å². The van der Waals surface area contributed by atoms with Crippen molar-refractivity contribution in [3.05, 3.63) is 53.8 Å². The third-order valence-corrected chi connectivity index (χ3v) is 2.60. The predicted octanol–water partition coefficient (Wildman–Crippen LogP) is 3.62. The lowest BCUT2D eigenvalue weighted by Gasteiger charge is -2.08. The highest BCUT2D eigenvalue weighted by atomic mass is 35.5. The summed E-state index contributed by atoms with van der Waals surface area (Å²) in [5, 5.41) is 3.77. The lowest BCUT2D eigenvalue weighted by atomic mass is 10.3. The van der Waals surface area contributed by atoms with E-state index in [-0.39, 0.29) is 0 Å². The molecule has 0 aliphatic heterocycles. The molecule has 0 atom stereocenters. The van der Waals surface area contributed by atoms with Gasteiger partial charge in [0.15, 0.2) is 0 Å². The Balaban J connectivity index is 1.65. The first-order valence-corrected chi connectivity index (χ1v) is 6.26. The minimum absolute atomic E-state index is 0.500. The Labute approximate surface area is 112 Å². The Hall–Kier alpha value is -1.74. The molecule has 0 saturated carbocycles. The van der Waals surface area contributed by atoms with Crippen molar-refractivity contribution in [1.82, 2.24) is 4.98 Å². The summed E-state index contributed by atoms with van der Waals surface area (Å²) in [7, 11) is 0. The molecule has 0 unspecified atom stereocenters. The lowest BCUT2D eigenvalue weighted by Crippen LogP contribution is -2.07. The van der Waals surface area contributed by atoms with Crippen LogP contribution in [0.1, 0.15) is 6.42 Å². The Morgan fingerprint density at radius 1 is 1.17 bits per heavy atom. The number of rotatable bonds is 6. The van der Waals surface area contributed by atoms with Crippen LogP contribution in [0.5, 0.6) is 5.75 Å². The van der Waals surface area contributed by atoms with E-state index in [2.05, 4.69) is 10.3 Å². The summed E-state index contributed by atoms with van der Waals surface area (Å²) >= 11 is 5.79. The zero-order chi connectivity index (χ0) is 12.6. The van der Waals surface area contributed by atoms with Crippen LogP contribution in [-0.2, 0) is 0 Å². The van der Waals surface area contributed by atoms with Crippen LogP contribution < -0.4 is 10.1 Å². The van der Waals surface area contributed by atoms with Crippen molar-refractivity contribution in [2.24, 2.45) is 0 Å². The molecular weight excluding hydrogens is 248 g/mol. The van der Waals surface area contributed by atoms with Gasteiger partial charge in [0.05, 0.1) is 6.61 Å². The van der Waals surface area contributed by atoms with Crippen LogP contribution in [0.25, 0.3) is 0 Å². The highest BCUT2D eigenvalue weighted by molar-refractivity contribution is 6.29. The van der Waals surface area contributed by atoms with Gasteiger partial charge in [-0.3, -0.25) is 0 Å². The number of hydrogen-bond acceptors (Lipinski definition) is 3. The van der Waals surface area contributed by atoms with Gasteiger partial charge in [0.25, 0.3) is 0 Å². The fourth-order valence-corrected chi connectivity index (χ4v) is 1.70. The zero-order valence-electron chi connectivity index (χ0n) is 9.97. The fraction of sp³-hybridized carbons (Fsp3) is 0.214. The molecule has 3 nitrogen and oxygen atoms in total. The summed E-state index contributed by atoms with van der Waals surface area (Å²) in [6, 6.07) is 13.5. The molecular formula is C14H15ClN2O. The SMILES string of the molecule is Clc1cc(NCCCOc2ccccc2)ccn1. The van der Waals surface area contributed by atoms with E-state index in [1.165, 1.54) is 0 Å². The molecule has 0 amide bonds. The molecule has 0 aliphatic carbocycles. The first kappa shape index (κ1) is 12.7. The molecule has 2 aromatic rings. The highest BCUT2D eigenvalue weighted by Gasteiger charge is 1.95. The fourth-order valence-electron chi connectivity index (χ4n) is 1.52. The van der Waals surface area contributed by atoms with Gasteiger partial charge in [0.2, 0.25) is 0 Å². The number of ether oxygens (including phenoxy) is 1. The molecule has 94 valence electrons. The van der Waals surface area contributed by atoms with Crippen LogP contribution in [0.4, 0.5) is 5.69 Å². The summed E-state index contributed by atoms with van der Waals surface area (Å²) in [4.78, 5) is 3.92. The number of nitrogens with one attached hydrogen (secondary N) is 1. The number of hydrogen-bond donors (Lipinski definition) is 1. The van der Waals surface area contributed by atoms with E-state index in [9.17, 15) is 0 Å². The second-order valence-electron chi connectivity index (χ2n) is 3.81. The van der Waals surface area contributed by atoms with Crippen LogP contribution in [-0.4, -0.2) is 18.1 Å². The Kier molecular flexibility index (Phi) is 4.85. The standard InChI is InChI=1S/C14H15ClN2O/c15-14-11-12(7-9-17-14)16-8-4-10-18-13-5-2-1-3-6-13/h1-3,5-7,9,11H,4,8,10H2,(H,16,17). The van der Waals surface area contributed by atoms with E-state index in [4.69, 9.17) is 16.3 Å². The summed E-state index contributed by atoms with van der Waals surface area (Å²) in [6.07, 6.45) is 2.61. The summed E-state index contributed by atoms with van der Waals surface area (Å²) in [6.45, 7) is 1.53. The third-order valence-electron chi connectivity index (χ3n) is 2.39. The van der Waals surface area contributed by atoms with Gasteiger partial charge in [-0.2, -0.15) is 0 Å². The Morgan fingerprint density at radius 2 is 2.00 bits per heavy atom. The van der Waals surface area contributed by atoms with Gasteiger partial charge in [0, 0.05) is 18.4 Å². The zero-order valence-corrected chi connectivity index (χ0v) is 10.7. The largest absolute Gasteiger partial charge is 0.494 e. The van der Waals surface area contributed by atoms with Gasteiger partial charge in [-0.1, -0.05) is 29.8 Å². The first-order valence-electron chi connectivity index (χ1n) is 5.88. The molecule has 1 aromatic heterocycles. The van der Waals surface area contributed by atoms with E-state index in [1.54, 1.807) is 12.3 Å². The summed E-state index contributed by atoms with van der Waals surface area (Å²) in [5.74, 6) is 0.907. The molecule has 0 spiro atoms. The topological polar surface area (TPSA) is 34.1 Å². The average molecular weight is 263 g/mol. The van der Waals surface area contributed by atoms with E-state index in [1.807, 2.05) is 36.4 Å². The molecule has 1 aromatic carbocycles. The Morgan fingerprint density at radius 3 is 2.78 bits per heavy atom. The summed E-state index contributed by atoms with van der Waals surface area (Å²) < 4.78 is 5.59. The molecule has 0 aliphatic rings. The minimum atomic E-state index is 0.500. The number of para-hydroxylation sites is 1. The van der Waals surface area contributed by atoms with Gasteiger partial charge >= 0.3 is 0 Å². The van der Waals surface area contributed by atoms with Crippen LogP contribution in [0, 0.1) is 0 Å². The maximum atomic E-state index is 5.79. The van der Waals surface area contributed by atoms with Gasteiger partial charge in [-0.15, -0.1) is 0 Å². The predicted molar refractivity (Wildman–Crippen MR) is 74.3 cm³/mol. The van der Waals surface area contributed by atoms with Crippen LogP contribution in [0.2, 0.25) is 5.15 Å². The van der Waals surface area contributed by atoms with Gasteiger partial charge in [-0.05, 0) is 30.7 Å². The van der Waals surface area contributed by atoms with Crippen molar-refractivity contribution in [3.63, 3.8) is 0 Å². The first-order chi connectivity index (χ1) is 8.84. The van der Waals surface area contributed by atoms with Crippen molar-refractivity contribution < 1.29 is 4.74 Å². The van der Waals surface area contributed by atoms with Crippen molar-refractivity contribution in [2.75, 3.05) is 18.5 Å². The molecule has 0 fully saturated rings. The number of benzene rings is 1. The molecule has 4 heteroatoms.